The predicted octanol–water partition coefficient (Wildman–Crippen LogP) is 3.39. The average molecular weight is 293 g/mol. The Hall–Kier alpha value is -0.0317. The van der Waals surface area contributed by atoms with Crippen molar-refractivity contribution in [1.82, 2.24) is 0 Å². The van der Waals surface area contributed by atoms with Gasteiger partial charge in [-0.2, -0.15) is 18.2 Å². The summed E-state index contributed by atoms with van der Waals surface area (Å²) in [6.45, 7) is 0. The van der Waals surface area contributed by atoms with E-state index in [0.717, 1.165) is 0 Å². The number of halogens is 2. The van der Waals surface area contributed by atoms with Gasteiger partial charge in [-0.05, 0) is 0 Å². The molecule has 0 aromatic heterocycles. The molecule has 0 saturated heterocycles. The molecule has 0 nitrogen and oxygen atoms in total. The molecule has 0 spiro atoms. The van der Waals surface area contributed by atoms with Crippen LogP contribution in [-0.2, 0) is 16.5 Å². The molecule has 0 aliphatic carbocycles. The maximum atomic E-state index is 4.89. The van der Waals surface area contributed by atoms with Crippen molar-refractivity contribution in [2.75, 3.05) is 0 Å². The monoisotopic (exact) mass is 294 g/mol. The smallest absolute Gasteiger partial charge is 0.172 e. The Kier molecular flexibility index (Phi) is 11.9. The van der Waals surface area contributed by atoms with Crippen molar-refractivity contribution in [3.05, 3.63) is 60.7 Å². The van der Waals surface area contributed by atoms with Crippen molar-refractivity contribution in [3.63, 3.8) is 0 Å². The summed E-state index contributed by atoms with van der Waals surface area (Å²) in [6.07, 6.45) is 0. The van der Waals surface area contributed by atoms with Crippen LogP contribution in [0, 0.1) is 24.3 Å². The second-order valence-corrected chi connectivity index (χ2v) is 4.75. The zero-order valence-corrected chi connectivity index (χ0v) is 10.1. The molecule has 3 heteroatoms. The first-order valence-corrected chi connectivity index (χ1v) is 8.47. The van der Waals surface area contributed by atoms with Gasteiger partial charge in [-0.3, -0.25) is 0 Å². The number of hydrogen-bond acceptors (Lipinski definition) is 0. The van der Waals surface area contributed by atoms with Gasteiger partial charge in [-0.15, -0.1) is 0 Å². The van der Waals surface area contributed by atoms with Gasteiger partial charge in [0.25, 0.3) is 0 Å². The van der Waals surface area contributed by atoms with Crippen LogP contribution in [-0.4, -0.2) is 0 Å². The van der Waals surface area contributed by atoms with Crippen LogP contribution in [0.2, 0.25) is 0 Å². The molecule has 0 atom stereocenters. The van der Waals surface area contributed by atoms with Crippen LogP contribution in [0.4, 0.5) is 0 Å². The van der Waals surface area contributed by atoms with Crippen LogP contribution in [0.25, 0.3) is 0 Å². The molecule has 0 unspecified atom stereocenters. The minimum Gasteiger partial charge on any atom is -0.999 e. The summed E-state index contributed by atoms with van der Waals surface area (Å²) in [4.78, 5) is 0. The van der Waals surface area contributed by atoms with Crippen LogP contribution in [0.15, 0.2) is 36.4 Å². The van der Waals surface area contributed by atoms with Crippen LogP contribution in [0.1, 0.15) is 0 Å². The molecule has 0 N–H and O–H groups in total. The minimum absolute atomic E-state index is 0.586. The predicted molar refractivity (Wildman–Crippen MR) is 51.1 cm³/mol. The molecule has 2 aromatic carbocycles. The minimum atomic E-state index is -0.586. The normalized spacial score (nSPS) is 7.54. The van der Waals surface area contributed by atoms with E-state index in [1.54, 1.807) is 6.07 Å². The third-order valence-electron chi connectivity index (χ3n) is 0.907. The summed E-state index contributed by atoms with van der Waals surface area (Å²) in [6, 6.07) is 22.0. The summed E-state index contributed by atoms with van der Waals surface area (Å²) in [5.41, 5.74) is 0. The van der Waals surface area contributed by atoms with Crippen LogP contribution in [0.5, 0.6) is 0 Å². The molecular weight excluding hydrogens is 287 g/mol. The largest absolute Gasteiger partial charge is 0.999 e. The molecule has 0 heterocycles. The van der Waals surface area contributed by atoms with E-state index in [-0.39, 0.29) is 0 Å². The van der Waals surface area contributed by atoms with Gasteiger partial charge < -0.3 is 30.3 Å². The summed E-state index contributed by atoms with van der Waals surface area (Å²) >= 11 is -0.586. The zero-order chi connectivity index (χ0) is 9.78. The third kappa shape index (κ3) is 12.0. The molecule has 72 valence electrons. The van der Waals surface area contributed by atoms with Gasteiger partial charge in [0.05, 0.1) is 0 Å². The molecule has 0 radical (unpaired) electrons. The standard InChI is InChI=1S/C5H5.C5H.2ClH.Mo/c2*1-2-4-5-3-1;;;/h1-5H;1H;2*1H;/q-1;-5;;;+2/p-2. The van der Waals surface area contributed by atoms with E-state index in [0.29, 0.717) is 0 Å². The second kappa shape index (κ2) is 12.0. The van der Waals surface area contributed by atoms with Crippen molar-refractivity contribution in [1.29, 1.82) is 0 Å². The molecule has 0 amide bonds. The maximum absolute atomic E-state index is 4.89. The summed E-state index contributed by atoms with van der Waals surface area (Å²) in [7, 11) is 9.79. The van der Waals surface area contributed by atoms with Gasteiger partial charge >= 0.3 is 35.3 Å². The fraction of sp³-hybridized carbons (Fsp3) is 0. The molecule has 13 heavy (non-hydrogen) atoms. The average Bonchev–Trinajstić information content (AvgIpc) is 2.85. The molecule has 0 aliphatic heterocycles. The number of hydrogen-bond donors (Lipinski definition) is 0. The first kappa shape index (κ1) is 13.0. The second-order valence-electron chi connectivity index (χ2n) is 1.70. The van der Waals surface area contributed by atoms with E-state index in [9.17, 15) is 0 Å². The van der Waals surface area contributed by atoms with Gasteiger partial charge in [-0.1, -0.05) is 0 Å². The summed E-state index contributed by atoms with van der Waals surface area (Å²) in [5.74, 6) is 0. The zero-order valence-electron chi connectivity index (χ0n) is 6.63. The third-order valence-corrected chi connectivity index (χ3v) is 0.907. The fourth-order valence-corrected chi connectivity index (χ4v) is 0.501. The van der Waals surface area contributed by atoms with Crippen molar-refractivity contribution in [3.8, 4) is 0 Å². The van der Waals surface area contributed by atoms with Crippen molar-refractivity contribution in [2.24, 2.45) is 0 Å². The Labute approximate surface area is 95.6 Å². The summed E-state index contributed by atoms with van der Waals surface area (Å²) in [5, 5.41) is 0. The van der Waals surface area contributed by atoms with Crippen LogP contribution >= 0.6 is 18.8 Å². The molecule has 0 aliphatic rings. The first-order chi connectivity index (χ1) is 6.41. The molecule has 0 bridgehead atoms. The van der Waals surface area contributed by atoms with E-state index in [1.807, 2.05) is 30.3 Å². The fourth-order valence-electron chi connectivity index (χ4n) is 0.501. The Bertz CT molecular complexity index is 165. The van der Waals surface area contributed by atoms with Crippen LogP contribution in [0.3, 0.4) is 0 Å². The van der Waals surface area contributed by atoms with Gasteiger partial charge in [-0.25, -0.2) is 12.1 Å². The number of rotatable bonds is 0. The SMILES string of the molecule is [Cl][Mo][Cl].[c-]1[c-][c-][cH-][c-]1.c1cc[cH-]c1. The van der Waals surface area contributed by atoms with E-state index < -0.39 is 16.5 Å². The molecule has 0 fully saturated rings. The molecule has 2 rings (SSSR count). The first-order valence-electron chi connectivity index (χ1n) is 3.30. The van der Waals surface area contributed by atoms with E-state index >= 15 is 0 Å². The molecule has 2 aromatic rings. The van der Waals surface area contributed by atoms with Gasteiger partial charge in [0.1, 0.15) is 0 Å². The van der Waals surface area contributed by atoms with Crippen molar-refractivity contribution in [2.45, 2.75) is 0 Å². The quantitative estimate of drug-likeness (QED) is 0.516. The van der Waals surface area contributed by atoms with Crippen LogP contribution < -0.4 is 0 Å². The van der Waals surface area contributed by atoms with Gasteiger partial charge in [0, 0.05) is 0 Å². The molecule has 0 saturated carbocycles. The Morgan fingerprint density at radius 1 is 1.00 bits per heavy atom. The van der Waals surface area contributed by atoms with Gasteiger partial charge in [0.15, 0.2) is 0 Å². The van der Waals surface area contributed by atoms with Gasteiger partial charge in [0.2, 0.25) is 0 Å². The van der Waals surface area contributed by atoms with E-state index in [1.165, 1.54) is 0 Å². The van der Waals surface area contributed by atoms with Crippen molar-refractivity contribution >= 4 is 18.8 Å². The van der Waals surface area contributed by atoms with Crippen molar-refractivity contribution < 1.29 is 16.5 Å². The topological polar surface area (TPSA) is 0 Å². The van der Waals surface area contributed by atoms with E-state index in [2.05, 4.69) is 24.3 Å². The summed E-state index contributed by atoms with van der Waals surface area (Å²) < 4.78 is 0. The maximum Gasteiger partial charge on any atom is -0.172 e. The van der Waals surface area contributed by atoms with E-state index in [4.69, 9.17) is 18.8 Å². The Balaban J connectivity index is 0.000000174. The Morgan fingerprint density at radius 2 is 1.46 bits per heavy atom. The Morgan fingerprint density at radius 3 is 1.62 bits per heavy atom. The molecular formula is C10H6Cl2Mo-6.